The second-order valence-electron chi connectivity index (χ2n) is 9.52. The summed E-state index contributed by atoms with van der Waals surface area (Å²) in [6, 6.07) is 2.18. The molecule has 1 aromatic carbocycles. The lowest BCUT2D eigenvalue weighted by atomic mass is 10.0. The van der Waals surface area contributed by atoms with Gasteiger partial charge in [-0.25, -0.2) is 23.1 Å². The molecule has 0 bridgehead atoms. The Morgan fingerprint density at radius 2 is 1.86 bits per heavy atom. The number of ether oxygens (including phenoxy) is 2. The molecule has 36 heavy (non-hydrogen) atoms. The minimum absolute atomic E-state index is 0.00395. The van der Waals surface area contributed by atoms with Crippen LogP contribution in [0, 0.1) is 17.5 Å². The van der Waals surface area contributed by atoms with E-state index in [0.29, 0.717) is 39.5 Å². The third kappa shape index (κ3) is 5.18. The topological polar surface area (TPSA) is 75.1 Å². The third-order valence-corrected chi connectivity index (χ3v) is 7.13. The van der Waals surface area contributed by atoms with E-state index in [9.17, 15) is 13.2 Å². The van der Waals surface area contributed by atoms with Crippen LogP contribution in [0.4, 0.5) is 24.8 Å². The second kappa shape index (κ2) is 10.7. The summed E-state index contributed by atoms with van der Waals surface area (Å²) in [6.07, 6.45) is 2.70. The fourth-order valence-electron chi connectivity index (χ4n) is 5.13. The first-order valence-electron chi connectivity index (χ1n) is 12.4. The standard InChI is InChI=1S/C25H31F3N6O2/c1-15-14-36-8-5-33(15)13-17-9-20(27)22(10-19(17)26)31-25-30-11-21(28)24(32-25)23-12-29-16(2)34(23)18-3-6-35-7-4-18/h9-11,15,18,23H,3-8,12-14H2,1-2H3,(H,30,31,32)/t15-,23?/m0/s1. The van der Waals surface area contributed by atoms with Crippen LogP contribution < -0.4 is 5.32 Å². The van der Waals surface area contributed by atoms with Crippen LogP contribution in [0.3, 0.4) is 0 Å². The second-order valence-corrected chi connectivity index (χ2v) is 9.52. The fraction of sp³-hybridized carbons (Fsp3) is 0.560. The zero-order chi connectivity index (χ0) is 25.2. The highest BCUT2D eigenvalue weighted by molar-refractivity contribution is 5.82. The molecule has 5 rings (SSSR count). The van der Waals surface area contributed by atoms with Gasteiger partial charge in [0.05, 0.1) is 43.5 Å². The van der Waals surface area contributed by atoms with Gasteiger partial charge in [0.25, 0.3) is 0 Å². The number of nitrogens with zero attached hydrogens (tertiary/aromatic N) is 5. The van der Waals surface area contributed by atoms with Crippen molar-refractivity contribution in [1.82, 2.24) is 19.8 Å². The van der Waals surface area contributed by atoms with Crippen molar-refractivity contribution in [3.63, 3.8) is 0 Å². The molecule has 0 radical (unpaired) electrons. The molecule has 8 nitrogen and oxygen atoms in total. The largest absolute Gasteiger partial charge is 0.381 e. The lowest BCUT2D eigenvalue weighted by Gasteiger charge is -2.37. The molecule has 2 fully saturated rings. The molecule has 1 N–H and O–H groups in total. The summed E-state index contributed by atoms with van der Waals surface area (Å²) < 4.78 is 55.6. The number of nitrogens with one attached hydrogen (secondary N) is 1. The molecule has 2 saturated heterocycles. The van der Waals surface area contributed by atoms with Gasteiger partial charge >= 0.3 is 0 Å². The number of benzene rings is 1. The van der Waals surface area contributed by atoms with Crippen LogP contribution in [-0.4, -0.2) is 77.2 Å². The highest BCUT2D eigenvalue weighted by Crippen LogP contribution is 2.33. The van der Waals surface area contributed by atoms with Gasteiger partial charge < -0.3 is 19.7 Å². The van der Waals surface area contributed by atoms with E-state index in [0.717, 1.165) is 30.9 Å². The maximum atomic E-state index is 15.0. The molecule has 2 aromatic rings. The Bertz CT molecular complexity index is 1130. The van der Waals surface area contributed by atoms with Gasteiger partial charge in [0, 0.05) is 50.0 Å². The number of amidine groups is 1. The van der Waals surface area contributed by atoms with Crippen molar-refractivity contribution >= 4 is 17.5 Å². The molecule has 1 aromatic heterocycles. The molecular weight excluding hydrogens is 473 g/mol. The van der Waals surface area contributed by atoms with Gasteiger partial charge in [-0.3, -0.25) is 9.89 Å². The fourth-order valence-corrected chi connectivity index (χ4v) is 5.13. The van der Waals surface area contributed by atoms with Gasteiger partial charge in [-0.2, -0.15) is 0 Å². The maximum Gasteiger partial charge on any atom is 0.227 e. The SMILES string of the molecule is CC1=NCC(c2nc(Nc3cc(F)c(CN4CCOC[C@@H]4C)cc3F)ncc2F)N1C1CCOCC1. The molecule has 3 aliphatic heterocycles. The Hall–Kier alpha value is -2.76. The quantitative estimate of drug-likeness (QED) is 0.641. The summed E-state index contributed by atoms with van der Waals surface area (Å²) in [5.74, 6) is -0.904. The summed E-state index contributed by atoms with van der Waals surface area (Å²) in [6.45, 7) is 7.63. The van der Waals surface area contributed by atoms with Gasteiger partial charge in [0.1, 0.15) is 17.3 Å². The predicted octanol–water partition coefficient (Wildman–Crippen LogP) is 3.81. The number of aromatic nitrogens is 2. The minimum Gasteiger partial charge on any atom is -0.381 e. The summed E-state index contributed by atoms with van der Waals surface area (Å²) in [7, 11) is 0. The van der Waals surface area contributed by atoms with Crippen molar-refractivity contribution in [2.45, 2.75) is 51.4 Å². The van der Waals surface area contributed by atoms with Gasteiger partial charge in [0.15, 0.2) is 5.82 Å². The lowest BCUT2D eigenvalue weighted by molar-refractivity contribution is -0.00483. The number of hydrogen-bond donors (Lipinski definition) is 1. The Kier molecular flexibility index (Phi) is 7.40. The Balaban J connectivity index is 1.35. The normalized spacial score (nSPS) is 23.7. The van der Waals surface area contributed by atoms with Gasteiger partial charge in [-0.1, -0.05) is 0 Å². The van der Waals surface area contributed by atoms with Crippen LogP contribution in [0.1, 0.15) is 44.0 Å². The van der Waals surface area contributed by atoms with E-state index >= 15 is 0 Å². The molecule has 194 valence electrons. The van der Waals surface area contributed by atoms with Crippen molar-refractivity contribution in [3.8, 4) is 0 Å². The average molecular weight is 505 g/mol. The minimum atomic E-state index is -0.634. The van der Waals surface area contributed by atoms with E-state index in [1.54, 1.807) is 0 Å². The number of anilines is 2. The highest BCUT2D eigenvalue weighted by atomic mass is 19.1. The van der Waals surface area contributed by atoms with Crippen molar-refractivity contribution in [2.75, 3.05) is 44.8 Å². The molecule has 4 heterocycles. The molecule has 2 atom stereocenters. The van der Waals surface area contributed by atoms with Crippen molar-refractivity contribution in [1.29, 1.82) is 0 Å². The zero-order valence-corrected chi connectivity index (χ0v) is 20.5. The van der Waals surface area contributed by atoms with Crippen LogP contribution >= 0.6 is 0 Å². The first-order chi connectivity index (χ1) is 17.4. The van der Waals surface area contributed by atoms with E-state index in [2.05, 4.69) is 30.1 Å². The van der Waals surface area contributed by atoms with E-state index in [-0.39, 0.29) is 41.5 Å². The van der Waals surface area contributed by atoms with E-state index in [4.69, 9.17) is 9.47 Å². The first-order valence-corrected chi connectivity index (χ1v) is 12.4. The molecule has 0 amide bonds. The predicted molar refractivity (Wildman–Crippen MR) is 129 cm³/mol. The van der Waals surface area contributed by atoms with E-state index in [1.165, 1.54) is 6.07 Å². The summed E-state index contributed by atoms with van der Waals surface area (Å²) in [5, 5.41) is 2.74. The van der Waals surface area contributed by atoms with Crippen LogP contribution in [0.2, 0.25) is 0 Å². The number of morpholine rings is 1. The van der Waals surface area contributed by atoms with Crippen LogP contribution in [0.25, 0.3) is 0 Å². The monoisotopic (exact) mass is 504 g/mol. The van der Waals surface area contributed by atoms with E-state index < -0.39 is 23.5 Å². The molecule has 1 unspecified atom stereocenters. The van der Waals surface area contributed by atoms with Gasteiger partial charge in [0.2, 0.25) is 5.95 Å². The molecule has 3 aliphatic rings. The highest BCUT2D eigenvalue weighted by Gasteiger charge is 2.36. The molecule has 0 saturated carbocycles. The number of hydrogen-bond acceptors (Lipinski definition) is 8. The zero-order valence-electron chi connectivity index (χ0n) is 20.5. The van der Waals surface area contributed by atoms with Crippen LogP contribution in [0.15, 0.2) is 23.3 Å². The van der Waals surface area contributed by atoms with Crippen LogP contribution in [-0.2, 0) is 16.0 Å². The lowest BCUT2D eigenvalue weighted by Crippen LogP contribution is -2.43. The number of halogens is 3. The van der Waals surface area contributed by atoms with Crippen molar-refractivity contribution in [2.24, 2.45) is 4.99 Å². The van der Waals surface area contributed by atoms with Gasteiger partial charge in [-0.05, 0) is 32.8 Å². The van der Waals surface area contributed by atoms with Gasteiger partial charge in [-0.15, -0.1) is 0 Å². The van der Waals surface area contributed by atoms with E-state index in [1.807, 2.05) is 13.8 Å². The summed E-state index contributed by atoms with van der Waals surface area (Å²) in [4.78, 5) is 17.0. The van der Waals surface area contributed by atoms with Crippen LogP contribution in [0.5, 0.6) is 0 Å². The van der Waals surface area contributed by atoms with Crippen molar-refractivity contribution in [3.05, 3.63) is 47.0 Å². The summed E-state index contributed by atoms with van der Waals surface area (Å²) >= 11 is 0. The number of rotatable bonds is 6. The maximum absolute atomic E-state index is 15.0. The smallest absolute Gasteiger partial charge is 0.227 e. The molecule has 0 aliphatic carbocycles. The molecular formula is C25H31F3N6O2. The number of aliphatic imine (C=N–C) groups is 1. The Labute approximate surface area is 208 Å². The summed E-state index contributed by atoms with van der Waals surface area (Å²) in [5.41, 5.74) is 0.334. The molecule has 0 spiro atoms. The van der Waals surface area contributed by atoms with Crippen molar-refractivity contribution < 1.29 is 22.6 Å². The Morgan fingerprint density at radius 3 is 2.64 bits per heavy atom. The first kappa shape index (κ1) is 24.9. The third-order valence-electron chi connectivity index (χ3n) is 7.13. The Morgan fingerprint density at radius 1 is 1.06 bits per heavy atom. The average Bonchev–Trinajstić information content (AvgIpc) is 3.26. The molecule has 11 heteroatoms.